The van der Waals surface area contributed by atoms with Crippen molar-refractivity contribution < 1.29 is 23.9 Å². The Morgan fingerprint density at radius 2 is 1.88 bits per heavy atom. The Balaban J connectivity index is 2.29. The van der Waals surface area contributed by atoms with Crippen LogP contribution in [0.2, 0.25) is 0 Å². The largest absolute Gasteiger partial charge is 0.351 e. The van der Waals surface area contributed by atoms with Crippen molar-refractivity contribution in [1.29, 1.82) is 0 Å². The normalized spacial score (nSPS) is 25.4. The maximum Gasteiger partial charge on any atom is 0.278 e. The van der Waals surface area contributed by atoms with E-state index < -0.39 is 11.8 Å². The number of aryl methyl sites for hydroxylation is 1. The molecule has 0 spiro atoms. The summed E-state index contributed by atoms with van der Waals surface area (Å²) in [4.78, 5) is 30.8. The maximum absolute atomic E-state index is 13.0. The fourth-order valence-corrected chi connectivity index (χ4v) is 4.04. The predicted octanol–water partition coefficient (Wildman–Crippen LogP) is 2.07. The molecule has 0 N–H and O–H groups in total. The fourth-order valence-electron chi connectivity index (χ4n) is 4.04. The van der Waals surface area contributed by atoms with Gasteiger partial charge < -0.3 is 9.47 Å². The van der Waals surface area contributed by atoms with Crippen molar-refractivity contribution >= 4 is 11.7 Å². The molecule has 1 aliphatic carbocycles. The molecule has 1 fully saturated rings. The van der Waals surface area contributed by atoms with Gasteiger partial charge in [0.1, 0.15) is 11.8 Å². The van der Waals surface area contributed by atoms with E-state index in [-0.39, 0.29) is 30.4 Å². The highest BCUT2D eigenvalue weighted by molar-refractivity contribution is 5.97. The first-order valence-electron chi connectivity index (χ1n) is 8.14. The molecule has 2 bridgehead atoms. The zero-order valence-corrected chi connectivity index (χ0v) is 14.5. The van der Waals surface area contributed by atoms with Crippen LogP contribution in [0, 0.1) is 0 Å². The Morgan fingerprint density at radius 3 is 2.46 bits per heavy atom. The molecule has 6 nitrogen and oxygen atoms in total. The van der Waals surface area contributed by atoms with E-state index in [0.29, 0.717) is 5.56 Å². The van der Waals surface area contributed by atoms with Crippen molar-refractivity contribution in [1.82, 2.24) is 5.06 Å². The second-order valence-corrected chi connectivity index (χ2v) is 6.23. The summed E-state index contributed by atoms with van der Waals surface area (Å²) in [7, 11) is 4.52. The van der Waals surface area contributed by atoms with E-state index in [4.69, 9.17) is 14.3 Å². The molecule has 1 aliphatic heterocycles. The molecular formula is C18H23NO5. The number of methoxy groups -OCH3 is 2. The van der Waals surface area contributed by atoms with Crippen LogP contribution in [-0.2, 0) is 25.5 Å². The predicted molar refractivity (Wildman–Crippen MR) is 86.5 cm³/mol. The van der Waals surface area contributed by atoms with E-state index in [1.807, 2.05) is 18.2 Å². The first-order valence-corrected chi connectivity index (χ1v) is 8.14. The summed E-state index contributed by atoms with van der Waals surface area (Å²) in [6.07, 6.45) is 1.27. The van der Waals surface area contributed by atoms with E-state index in [1.165, 1.54) is 12.2 Å². The van der Waals surface area contributed by atoms with E-state index in [9.17, 15) is 9.59 Å². The lowest BCUT2D eigenvalue weighted by atomic mass is 9.74. The lowest BCUT2D eigenvalue weighted by molar-refractivity contribution is -0.292. The van der Waals surface area contributed by atoms with Crippen molar-refractivity contribution in [3.8, 4) is 0 Å². The molecule has 24 heavy (non-hydrogen) atoms. The number of rotatable bonds is 4. The van der Waals surface area contributed by atoms with Gasteiger partial charge in [0.15, 0.2) is 5.79 Å². The molecule has 3 rings (SSSR count). The third-order valence-corrected chi connectivity index (χ3v) is 5.25. The lowest BCUT2D eigenvalue weighted by Gasteiger charge is -2.47. The van der Waals surface area contributed by atoms with Gasteiger partial charge in [0.05, 0.1) is 7.11 Å². The average Bonchev–Trinajstić information content (AvgIpc) is 2.64. The molecule has 2 atom stereocenters. The topological polar surface area (TPSA) is 65.1 Å². The average molecular weight is 333 g/mol. The molecule has 0 radical (unpaired) electrons. The zero-order chi connectivity index (χ0) is 17.5. The van der Waals surface area contributed by atoms with Crippen LogP contribution in [0.3, 0.4) is 0 Å². The number of hydrogen-bond donors (Lipinski definition) is 0. The van der Waals surface area contributed by atoms with Crippen LogP contribution >= 0.6 is 0 Å². The van der Waals surface area contributed by atoms with Crippen LogP contribution in [0.25, 0.3) is 0 Å². The Kier molecular flexibility index (Phi) is 4.46. The van der Waals surface area contributed by atoms with E-state index in [2.05, 4.69) is 6.92 Å². The van der Waals surface area contributed by atoms with Gasteiger partial charge in [0, 0.05) is 38.5 Å². The molecule has 0 unspecified atom stereocenters. The van der Waals surface area contributed by atoms with Gasteiger partial charge in [-0.1, -0.05) is 19.1 Å². The van der Waals surface area contributed by atoms with Crippen molar-refractivity contribution in [2.45, 2.75) is 43.9 Å². The van der Waals surface area contributed by atoms with Gasteiger partial charge in [-0.2, -0.15) is 0 Å². The van der Waals surface area contributed by atoms with Gasteiger partial charge in [0.25, 0.3) is 5.91 Å². The molecule has 0 aromatic heterocycles. The van der Waals surface area contributed by atoms with Crippen LogP contribution < -0.4 is 0 Å². The summed E-state index contributed by atoms with van der Waals surface area (Å²) >= 11 is 0. The second-order valence-electron chi connectivity index (χ2n) is 6.23. The molecule has 1 aromatic rings. The van der Waals surface area contributed by atoms with Gasteiger partial charge in [-0.3, -0.25) is 14.4 Å². The lowest BCUT2D eigenvalue weighted by Crippen LogP contribution is -2.61. The third-order valence-electron chi connectivity index (χ3n) is 5.25. The number of Topliss-reactive ketones (excluding diaryl/α,β-unsaturated/α-hetero) is 1. The number of fused-ring (bicyclic) bond motifs is 4. The highest BCUT2D eigenvalue weighted by Crippen LogP contribution is 2.48. The number of ether oxygens (including phenoxy) is 2. The summed E-state index contributed by atoms with van der Waals surface area (Å²) in [5.74, 6) is -1.67. The van der Waals surface area contributed by atoms with Crippen LogP contribution in [-0.4, -0.2) is 49.9 Å². The van der Waals surface area contributed by atoms with Crippen LogP contribution in [0.1, 0.15) is 47.2 Å². The first-order chi connectivity index (χ1) is 11.5. The van der Waals surface area contributed by atoms with Crippen LogP contribution in [0.4, 0.5) is 0 Å². The molecule has 1 amide bonds. The SMILES string of the molecule is CCc1ccc2c(c1)[C@@H]1CC(=O)C[C@H](N(OC)C2=O)C1(OC)OC. The molecule has 2 aliphatic rings. The van der Waals surface area contributed by atoms with Crippen LogP contribution in [0.5, 0.6) is 0 Å². The smallest absolute Gasteiger partial charge is 0.278 e. The van der Waals surface area contributed by atoms with Crippen molar-refractivity contribution in [3.63, 3.8) is 0 Å². The molecule has 1 aromatic carbocycles. The summed E-state index contributed by atoms with van der Waals surface area (Å²) in [5, 5.41) is 1.23. The third kappa shape index (κ3) is 2.29. The summed E-state index contributed by atoms with van der Waals surface area (Å²) < 4.78 is 11.6. The number of hydrogen-bond acceptors (Lipinski definition) is 5. The zero-order valence-electron chi connectivity index (χ0n) is 14.5. The number of amides is 1. The van der Waals surface area contributed by atoms with E-state index in [1.54, 1.807) is 14.2 Å². The Labute approximate surface area is 141 Å². The monoisotopic (exact) mass is 333 g/mol. The highest BCUT2D eigenvalue weighted by atomic mass is 16.7. The van der Waals surface area contributed by atoms with Crippen molar-refractivity contribution in [2.75, 3.05) is 21.3 Å². The minimum atomic E-state index is -1.11. The molecule has 1 heterocycles. The quantitative estimate of drug-likeness (QED) is 0.789. The minimum Gasteiger partial charge on any atom is -0.351 e. The Hall–Kier alpha value is -1.76. The Morgan fingerprint density at radius 1 is 1.17 bits per heavy atom. The van der Waals surface area contributed by atoms with Gasteiger partial charge in [-0.05, 0) is 23.6 Å². The molecule has 1 saturated carbocycles. The molecule has 130 valence electrons. The van der Waals surface area contributed by atoms with Gasteiger partial charge >= 0.3 is 0 Å². The highest BCUT2D eigenvalue weighted by Gasteiger charge is 2.58. The molecular weight excluding hydrogens is 310 g/mol. The Bertz CT molecular complexity index is 667. The van der Waals surface area contributed by atoms with Crippen molar-refractivity contribution in [2.24, 2.45) is 0 Å². The standard InChI is InChI=1S/C18H23NO5/c1-5-11-6-7-13-14(8-11)15-9-12(20)10-16(18(15,22-2)23-3)19(24-4)17(13)21/h6-8,15-16H,5,9-10H2,1-4H3/t15-,16-/m0/s1. The number of nitrogens with zero attached hydrogens (tertiary/aromatic N) is 1. The molecule has 0 saturated heterocycles. The minimum absolute atomic E-state index is 0.0688. The summed E-state index contributed by atoms with van der Waals surface area (Å²) in [5.41, 5.74) is 2.43. The van der Waals surface area contributed by atoms with Gasteiger partial charge in [-0.15, -0.1) is 0 Å². The molecule has 6 heteroatoms. The number of carbonyl (C=O) groups excluding carboxylic acids is 2. The van der Waals surface area contributed by atoms with Gasteiger partial charge in [0.2, 0.25) is 0 Å². The number of hydroxylamine groups is 2. The summed E-state index contributed by atoms with van der Waals surface area (Å²) in [6.45, 7) is 2.05. The fraction of sp³-hybridized carbons (Fsp3) is 0.556. The number of carbonyl (C=O) groups is 2. The van der Waals surface area contributed by atoms with E-state index in [0.717, 1.165) is 17.5 Å². The number of ketones is 1. The first kappa shape index (κ1) is 17.1. The summed E-state index contributed by atoms with van der Waals surface area (Å²) in [6, 6.07) is 5.10. The number of benzene rings is 1. The van der Waals surface area contributed by atoms with Crippen LogP contribution in [0.15, 0.2) is 18.2 Å². The van der Waals surface area contributed by atoms with Gasteiger partial charge in [-0.25, -0.2) is 5.06 Å². The van der Waals surface area contributed by atoms with Crippen molar-refractivity contribution in [3.05, 3.63) is 34.9 Å². The second kappa shape index (κ2) is 6.27. The maximum atomic E-state index is 13.0. The van der Waals surface area contributed by atoms with E-state index >= 15 is 0 Å².